The van der Waals surface area contributed by atoms with Crippen LogP contribution in [0, 0.1) is 0 Å². The molecule has 4 heteroatoms. The minimum atomic E-state index is 0.835. The zero-order valence-electron chi connectivity index (χ0n) is 9.15. The number of furan rings is 1. The number of aromatic nitrogens is 1. The fourth-order valence-corrected chi connectivity index (χ4v) is 2.10. The van der Waals surface area contributed by atoms with E-state index in [0.717, 1.165) is 29.9 Å². The molecule has 4 nitrogen and oxygen atoms in total. The topological polar surface area (TPSA) is 41.3 Å². The van der Waals surface area contributed by atoms with E-state index in [2.05, 4.69) is 15.4 Å². The van der Waals surface area contributed by atoms with Gasteiger partial charge in [-0.1, -0.05) is 6.42 Å². The standard InChI is InChI=1S/C12H15N3O/c1-2-5-15(6-3-1)14-10-8-12-11(13-9-10)4-7-16-12/h4,7-9,14H,1-3,5-6H2. The molecule has 1 aliphatic heterocycles. The molecule has 2 aromatic heterocycles. The second kappa shape index (κ2) is 4.14. The maximum absolute atomic E-state index is 5.33. The van der Waals surface area contributed by atoms with Gasteiger partial charge in [0.1, 0.15) is 5.52 Å². The van der Waals surface area contributed by atoms with Gasteiger partial charge in [-0.3, -0.25) is 4.98 Å². The number of rotatable bonds is 2. The van der Waals surface area contributed by atoms with Gasteiger partial charge in [0.05, 0.1) is 18.1 Å². The minimum absolute atomic E-state index is 0.835. The Balaban J connectivity index is 1.77. The molecule has 84 valence electrons. The van der Waals surface area contributed by atoms with Crippen molar-refractivity contribution in [3.63, 3.8) is 0 Å². The lowest BCUT2D eigenvalue weighted by molar-refractivity contribution is 0.273. The number of piperidine rings is 1. The molecule has 0 amide bonds. The van der Waals surface area contributed by atoms with Crippen LogP contribution in [-0.4, -0.2) is 23.1 Å². The molecular weight excluding hydrogens is 202 g/mol. The molecule has 0 aliphatic carbocycles. The molecule has 0 saturated carbocycles. The highest BCUT2D eigenvalue weighted by molar-refractivity contribution is 5.75. The highest BCUT2D eigenvalue weighted by atomic mass is 16.3. The molecule has 0 bridgehead atoms. The van der Waals surface area contributed by atoms with Crippen molar-refractivity contribution in [1.29, 1.82) is 0 Å². The van der Waals surface area contributed by atoms with Crippen molar-refractivity contribution in [3.05, 3.63) is 24.6 Å². The van der Waals surface area contributed by atoms with E-state index >= 15 is 0 Å². The number of anilines is 1. The number of hydrogen-bond donors (Lipinski definition) is 1. The summed E-state index contributed by atoms with van der Waals surface area (Å²) in [4.78, 5) is 4.32. The Hall–Kier alpha value is -1.55. The zero-order chi connectivity index (χ0) is 10.8. The van der Waals surface area contributed by atoms with E-state index in [1.54, 1.807) is 6.26 Å². The van der Waals surface area contributed by atoms with Crippen LogP contribution in [0.5, 0.6) is 0 Å². The number of pyridine rings is 1. The second-order valence-corrected chi connectivity index (χ2v) is 4.19. The van der Waals surface area contributed by atoms with Gasteiger partial charge in [-0.05, 0) is 12.8 Å². The smallest absolute Gasteiger partial charge is 0.154 e. The largest absolute Gasteiger partial charge is 0.463 e. The van der Waals surface area contributed by atoms with E-state index < -0.39 is 0 Å². The molecule has 1 N–H and O–H groups in total. The molecule has 3 rings (SSSR count). The summed E-state index contributed by atoms with van der Waals surface area (Å²) in [6.45, 7) is 2.21. The van der Waals surface area contributed by atoms with Crippen molar-refractivity contribution in [1.82, 2.24) is 9.99 Å². The summed E-state index contributed by atoms with van der Waals surface area (Å²) >= 11 is 0. The van der Waals surface area contributed by atoms with Crippen molar-refractivity contribution in [2.24, 2.45) is 0 Å². The second-order valence-electron chi connectivity index (χ2n) is 4.19. The van der Waals surface area contributed by atoms with Gasteiger partial charge in [0.25, 0.3) is 0 Å². The Labute approximate surface area is 94.2 Å². The molecular formula is C12H15N3O. The number of nitrogens with zero attached hydrogens (tertiary/aromatic N) is 2. The monoisotopic (exact) mass is 217 g/mol. The highest BCUT2D eigenvalue weighted by Gasteiger charge is 2.10. The predicted molar refractivity (Wildman–Crippen MR) is 63.1 cm³/mol. The van der Waals surface area contributed by atoms with E-state index in [1.165, 1.54) is 19.3 Å². The summed E-state index contributed by atoms with van der Waals surface area (Å²) in [5.74, 6) is 0. The normalized spacial score (nSPS) is 17.8. The highest BCUT2D eigenvalue weighted by Crippen LogP contribution is 2.18. The fourth-order valence-electron chi connectivity index (χ4n) is 2.10. The van der Waals surface area contributed by atoms with Gasteiger partial charge in [-0.25, -0.2) is 5.01 Å². The number of fused-ring (bicyclic) bond motifs is 1. The van der Waals surface area contributed by atoms with Crippen LogP contribution in [0.4, 0.5) is 5.69 Å². The Bertz CT molecular complexity index is 474. The van der Waals surface area contributed by atoms with Gasteiger partial charge in [0.15, 0.2) is 5.58 Å². The summed E-state index contributed by atoms with van der Waals surface area (Å²) in [7, 11) is 0. The van der Waals surface area contributed by atoms with Crippen LogP contribution in [0.1, 0.15) is 19.3 Å². The molecule has 1 saturated heterocycles. The van der Waals surface area contributed by atoms with Crippen molar-refractivity contribution < 1.29 is 4.42 Å². The molecule has 0 aromatic carbocycles. The number of nitrogens with one attached hydrogen (secondary N) is 1. The first-order chi connectivity index (χ1) is 7.92. The summed E-state index contributed by atoms with van der Waals surface area (Å²) in [5.41, 5.74) is 6.12. The van der Waals surface area contributed by atoms with E-state index in [-0.39, 0.29) is 0 Å². The van der Waals surface area contributed by atoms with E-state index in [4.69, 9.17) is 4.42 Å². The third-order valence-electron chi connectivity index (χ3n) is 2.95. The molecule has 1 aliphatic rings. The third kappa shape index (κ3) is 1.88. The Kier molecular flexibility index (Phi) is 2.50. The molecule has 2 aromatic rings. The number of hydrazine groups is 1. The Morgan fingerprint density at radius 1 is 1.25 bits per heavy atom. The lowest BCUT2D eigenvalue weighted by atomic mass is 10.2. The van der Waals surface area contributed by atoms with Gasteiger partial charge in [-0.15, -0.1) is 0 Å². The number of hydrogen-bond acceptors (Lipinski definition) is 4. The lowest BCUT2D eigenvalue weighted by Gasteiger charge is -2.27. The first-order valence-corrected chi connectivity index (χ1v) is 5.77. The van der Waals surface area contributed by atoms with E-state index in [9.17, 15) is 0 Å². The lowest BCUT2D eigenvalue weighted by Crippen LogP contribution is -2.34. The summed E-state index contributed by atoms with van der Waals surface area (Å²) < 4.78 is 5.33. The maximum Gasteiger partial charge on any atom is 0.154 e. The molecule has 0 radical (unpaired) electrons. The van der Waals surface area contributed by atoms with Gasteiger partial charge in [0.2, 0.25) is 0 Å². The molecule has 1 fully saturated rings. The average Bonchev–Trinajstić information content (AvgIpc) is 2.77. The zero-order valence-corrected chi connectivity index (χ0v) is 9.15. The van der Waals surface area contributed by atoms with Crippen LogP contribution in [0.25, 0.3) is 11.1 Å². The molecule has 0 atom stereocenters. The van der Waals surface area contributed by atoms with Crippen LogP contribution in [0.2, 0.25) is 0 Å². The van der Waals surface area contributed by atoms with Crippen LogP contribution in [0.15, 0.2) is 29.0 Å². The first kappa shape index (κ1) is 9.66. The quantitative estimate of drug-likeness (QED) is 0.839. The van der Waals surface area contributed by atoms with Crippen molar-refractivity contribution >= 4 is 16.8 Å². The van der Waals surface area contributed by atoms with Gasteiger partial charge < -0.3 is 9.84 Å². The molecule has 0 spiro atoms. The molecule has 0 unspecified atom stereocenters. The van der Waals surface area contributed by atoms with Crippen molar-refractivity contribution in [2.75, 3.05) is 18.5 Å². The third-order valence-corrected chi connectivity index (χ3v) is 2.95. The first-order valence-electron chi connectivity index (χ1n) is 5.77. The average molecular weight is 217 g/mol. The van der Waals surface area contributed by atoms with Crippen molar-refractivity contribution in [3.8, 4) is 0 Å². The van der Waals surface area contributed by atoms with Crippen molar-refractivity contribution in [2.45, 2.75) is 19.3 Å². The van der Waals surface area contributed by atoms with Crippen LogP contribution in [-0.2, 0) is 0 Å². The Morgan fingerprint density at radius 3 is 3.00 bits per heavy atom. The maximum atomic E-state index is 5.33. The predicted octanol–water partition coefficient (Wildman–Crippen LogP) is 2.64. The van der Waals surface area contributed by atoms with Gasteiger partial charge in [0, 0.05) is 25.2 Å². The summed E-state index contributed by atoms with van der Waals surface area (Å²) in [5, 5.41) is 2.25. The van der Waals surface area contributed by atoms with E-state index in [0.29, 0.717) is 0 Å². The van der Waals surface area contributed by atoms with Gasteiger partial charge in [-0.2, -0.15) is 0 Å². The van der Waals surface area contributed by atoms with E-state index in [1.807, 2.05) is 18.3 Å². The van der Waals surface area contributed by atoms with Crippen LogP contribution < -0.4 is 5.43 Å². The summed E-state index contributed by atoms with van der Waals surface area (Å²) in [6.07, 6.45) is 7.40. The summed E-state index contributed by atoms with van der Waals surface area (Å²) in [6, 6.07) is 3.87. The SMILES string of the molecule is c1cc2ncc(NN3CCCCC3)cc2o1. The molecule has 3 heterocycles. The minimum Gasteiger partial charge on any atom is -0.463 e. The fraction of sp³-hybridized carbons (Fsp3) is 0.417. The molecule has 16 heavy (non-hydrogen) atoms. The Morgan fingerprint density at radius 2 is 2.12 bits per heavy atom. The van der Waals surface area contributed by atoms with Gasteiger partial charge >= 0.3 is 0 Å². The van der Waals surface area contributed by atoms with Crippen LogP contribution >= 0.6 is 0 Å². The van der Waals surface area contributed by atoms with Crippen LogP contribution in [0.3, 0.4) is 0 Å².